The minimum atomic E-state index is -0.928. The number of hydrogen-bond acceptors (Lipinski definition) is 3. The molecule has 2 amide bonds. The molecule has 0 unspecified atom stereocenters. The fraction of sp³-hybridized carbons (Fsp3) is 0.105. The number of hydrogen-bond donors (Lipinski definition) is 2. The molecular weight excluding hydrogens is 354 g/mol. The van der Waals surface area contributed by atoms with Gasteiger partial charge in [0.05, 0.1) is 17.8 Å². The largest absolute Gasteiger partial charge is 0.322 e. The number of carbonyl (C=O) groups excluding carboxylic acids is 2. The van der Waals surface area contributed by atoms with Crippen molar-refractivity contribution in [2.24, 2.45) is 0 Å². The number of rotatable bonds is 3. The van der Waals surface area contributed by atoms with Gasteiger partial charge in [-0.15, -0.1) is 0 Å². The summed E-state index contributed by atoms with van der Waals surface area (Å²) < 4.78 is 28.3. The molecule has 0 saturated heterocycles. The molecule has 1 aliphatic rings. The third-order valence-corrected chi connectivity index (χ3v) is 4.25. The molecule has 136 valence electrons. The SMILES string of the molecule is O=C1C[C@H](C(=O)Nc2ccccc2F)n2nc(-c3ccc(F)cc3)cc2N1. The number of halogens is 2. The average Bonchev–Trinajstić information content (AvgIpc) is 3.07. The molecular formula is C19H14F2N4O2. The number of aromatic nitrogens is 2. The number of amides is 2. The summed E-state index contributed by atoms with van der Waals surface area (Å²) in [4.78, 5) is 24.6. The quantitative estimate of drug-likeness (QED) is 0.744. The Morgan fingerprint density at radius 1 is 1.15 bits per heavy atom. The number of anilines is 2. The van der Waals surface area contributed by atoms with Gasteiger partial charge in [0.2, 0.25) is 11.8 Å². The van der Waals surface area contributed by atoms with Crippen LogP contribution < -0.4 is 10.6 Å². The number of fused-ring (bicyclic) bond motifs is 1. The molecule has 0 bridgehead atoms. The first kappa shape index (κ1) is 16.9. The van der Waals surface area contributed by atoms with Crippen molar-refractivity contribution in [3.63, 3.8) is 0 Å². The Labute approximate surface area is 152 Å². The molecule has 1 aromatic heterocycles. The Morgan fingerprint density at radius 3 is 2.63 bits per heavy atom. The van der Waals surface area contributed by atoms with Gasteiger partial charge in [-0.25, -0.2) is 13.5 Å². The molecule has 0 saturated carbocycles. The molecule has 4 rings (SSSR count). The predicted molar refractivity (Wildman–Crippen MR) is 94.9 cm³/mol. The van der Waals surface area contributed by atoms with E-state index in [4.69, 9.17) is 0 Å². The van der Waals surface area contributed by atoms with E-state index in [0.29, 0.717) is 17.1 Å². The molecule has 0 spiro atoms. The summed E-state index contributed by atoms with van der Waals surface area (Å²) in [5.74, 6) is -1.50. The van der Waals surface area contributed by atoms with Gasteiger partial charge in [0.15, 0.2) is 0 Å². The van der Waals surface area contributed by atoms with Gasteiger partial charge in [-0.05, 0) is 36.4 Å². The van der Waals surface area contributed by atoms with E-state index in [2.05, 4.69) is 15.7 Å². The topological polar surface area (TPSA) is 76.0 Å². The summed E-state index contributed by atoms with van der Waals surface area (Å²) in [6, 6.07) is 12.2. The van der Waals surface area contributed by atoms with Gasteiger partial charge >= 0.3 is 0 Å². The molecule has 6 nitrogen and oxygen atoms in total. The predicted octanol–water partition coefficient (Wildman–Crippen LogP) is 3.35. The highest BCUT2D eigenvalue weighted by atomic mass is 19.1. The van der Waals surface area contributed by atoms with Crippen molar-refractivity contribution in [2.75, 3.05) is 10.6 Å². The lowest BCUT2D eigenvalue weighted by molar-refractivity contribution is -0.125. The molecule has 2 N–H and O–H groups in total. The van der Waals surface area contributed by atoms with Gasteiger partial charge < -0.3 is 10.6 Å². The van der Waals surface area contributed by atoms with Crippen molar-refractivity contribution in [1.82, 2.24) is 9.78 Å². The first-order valence-corrected chi connectivity index (χ1v) is 8.22. The minimum absolute atomic E-state index is 0.0287. The summed E-state index contributed by atoms with van der Waals surface area (Å²) in [6.07, 6.45) is -0.127. The van der Waals surface area contributed by atoms with Crippen molar-refractivity contribution in [1.29, 1.82) is 0 Å². The maximum Gasteiger partial charge on any atom is 0.249 e. The number of nitrogens with one attached hydrogen (secondary N) is 2. The summed E-state index contributed by atoms with van der Waals surface area (Å²) in [5, 5.41) is 9.53. The summed E-state index contributed by atoms with van der Waals surface area (Å²) >= 11 is 0. The fourth-order valence-corrected chi connectivity index (χ4v) is 2.93. The van der Waals surface area contributed by atoms with Crippen LogP contribution in [0.25, 0.3) is 11.3 Å². The number of carbonyl (C=O) groups is 2. The van der Waals surface area contributed by atoms with Crippen molar-refractivity contribution in [3.8, 4) is 11.3 Å². The highest BCUT2D eigenvalue weighted by Gasteiger charge is 2.32. The lowest BCUT2D eigenvalue weighted by Gasteiger charge is -2.23. The number of benzene rings is 2. The van der Waals surface area contributed by atoms with Gasteiger partial charge in [0, 0.05) is 11.6 Å². The number of nitrogens with zero attached hydrogens (tertiary/aromatic N) is 2. The van der Waals surface area contributed by atoms with E-state index >= 15 is 0 Å². The Morgan fingerprint density at radius 2 is 1.89 bits per heavy atom. The Bertz CT molecular complexity index is 1030. The van der Waals surface area contributed by atoms with Crippen molar-refractivity contribution < 1.29 is 18.4 Å². The van der Waals surface area contributed by atoms with Crippen LogP contribution in [0.15, 0.2) is 54.6 Å². The van der Waals surface area contributed by atoms with E-state index in [0.717, 1.165) is 0 Å². The average molecular weight is 368 g/mol. The minimum Gasteiger partial charge on any atom is -0.322 e. The first-order chi connectivity index (χ1) is 13.0. The van der Waals surface area contributed by atoms with E-state index in [9.17, 15) is 18.4 Å². The lowest BCUT2D eigenvalue weighted by Crippen LogP contribution is -2.35. The molecule has 0 radical (unpaired) electrons. The Kier molecular flexibility index (Phi) is 4.15. The van der Waals surface area contributed by atoms with Crippen LogP contribution in [0.1, 0.15) is 12.5 Å². The van der Waals surface area contributed by atoms with Crippen LogP contribution in [-0.4, -0.2) is 21.6 Å². The van der Waals surface area contributed by atoms with Gasteiger partial charge in [-0.2, -0.15) is 5.10 Å². The lowest BCUT2D eigenvalue weighted by atomic mass is 10.1. The maximum atomic E-state index is 13.8. The monoisotopic (exact) mass is 368 g/mol. The zero-order chi connectivity index (χ0) is 19.0. The third kappa shape index (κ3) is 3.29. The molecule has 2 aromatic carbocycles. The third-order valence-electron chi connectivity index (χ3n) is 4.25. The van der Waals surface area contributed by atoms with Gasteiger partial charge in [0.25, 0.3) is 0 Å². The van der Waals surface area contributed by atoms with Crippen LogP contribution in [-0.2, 0) is 9.59 Å². The van der Waals surface area contributed by atoms with Crippen LogP contribution in [0.4, 0.5) is 20.3 Å². The fourth-order valence-electron chi connectivity index (χ4n) is 2.93. The highest BCUT2D eigenvalue weighted by Crippen LogP contribution is 2.30. The second-order valence-corrected chi connectivity index (χ2v) is 6.10. The van der Waals surface area contributed by atoms with Gasteiger partial charge in [0.1, 0.15) is 23.5 Å². The van der Waals surface area contributed by atoms with Crippen LogP contribution >= 0.6 is 0 Å². The second-order valence-electron chi connectivity index (χ2n) is 6.10. The number of para-hydroxylation sites is 1. The van der Waals surface area contributed by atoms with Crippen LogP contribution in [0.5, 0.6) is 0 Å². The Balaban J connectivity index is 1.66. The molecule has 1 atom stereocenters. The van der Waals surface area contributed by atoms with E-state index in [-0.39, 0.29) is 23.8 Å². The van der Waals surface area contributed by atoms with Crippen LogP contribution in [0, 0.1) is 11.6 Å². The molecule has 1 aliphatic heterocycles. The van der Waals surface area contributed by atoms with Crippen molar-refractivity contribution >= 4 is 23.3 Å². The van der Waals surface area contributed by atoms with Crippen LogP contribution in [0.3, 0.4) is 0 Å². The molecule has 0 aliphatic carbocycles. The van der Waals surface area contributed by atoms with Crippen molar-refractivity contribution in [3.05, 3.63) is 66.2 Å². The molecule has 27 heavy (non-hydrogen) atoms. The van der Waals surface area contributed by atoms with E-state index in [1.54, 1.807) is 24.3 Å². The zero-order valence-corrected chi connectivity index (χ0v) is 13.9. The zero-order valence-electron chi connectivity index (χ0n) is 13.9. The molecule has 2 heterocycles. The van der Waals surface area contributed by atoms with Gasteiger partial charge in [-0.1, -0.05) is 12.1 Å². The van der Waals surface area contributed by atoms with E-state index in [1.165, 1.54) is 35.0 Å². The summed E-state index contributed by atoms with van der Waals surface area (Å²) in [7, 11) is 0. The summed E-state index contributed by atoms with van der Waals surface area (Å²) in [6.45, 7) is 0. The summed E-state index contributed by atoms with van der Waals surface area (Å²) in [5.41, 5.74) is 1.15. The molecule has 0 fully saturated rings. The molecule has 3 aromatic rings. The van der Waals surface area contributed by atoms with Crippen molar-refractivity contribution in [2.45, 2.75) is 12.5 Å². The van der Waals surface area contributed by atoms with E-state index < -0.39 is 17.8 Å². The molecule has 8 heteroatoms. The van der Waals surface area contributed by atoms with Gasteiger partial charge in [-0.3, -0.25) is 9.59 Å². The van der Waals surface area contributed by atoms with Crippen LogP contribution in [0.2, 0.25) is 0 Å². The first-order valence-electron chi connectivity index (χ1n) is 8.22. The standard InChI is InChI=1S/C19H14F2N4O2/c20-12-7-5-11(6-8-12)15-9-17-23-18(26)10-16(25(17)24-15)19(27)22-14-4-2-1-3-13(14)21/h1-9,16H,10H2,(H,22,27)(H,23,26)/t16-/m1/s1. The highest BCUT2D eigenvalue weighted by molar-refractivity contribution is 6.01. The Hall–Kier alpha value is -3.55. The normalized spacial score (nSPS) is 15.8. The van der Waals surface area contributed by atoms with E-state index in [1.807, 2.05) is 0 Å². The smallest absolute Gasteiger partial charge is 0.249 e. The maximum absolute atomic E-state index is 13.8. The second kappa shape index (κ2) is 6.64.